The van der Waals surface area contributed by atoms with E-state index >= 15 is 0 Å². The number of aliphatic hydroxyl groups excluding tert-OH is 1. The van der Waals surface area contributed by atoms with E-state index in [1.54, 1.807) is 0 Å². The van der Waals surface area contributed by atoms with Crippen molar-refractivity contribution in [3.05, 3.63) is 0 Å². The summed E-state index contributed by atoms with van der Waals surface area (Å²) in [6.45, 7) is 4.08. The van der Waals surface area contributed by atoms with Crippen molar-refractivity contribution in [3.63, 3.8) is 0 Å². The summed E-state index contributed by atoms with van der Waals surface area (Å²) in [6.07, 6.45) is 4.58. The van der Waals surface area contributed by atoms with Gasteiger partial charge < -0.3 is 10.4 Å². The van der Waals surface area contributed by atoms with Crippen molar-refractivity contribution in [2.24, 2.45) is 0 Å². The van der Waals surface area contributed by atoms with Gasteiger partial charge >= 0.3 is 0 Å². The van der Waals surface area contributed by atoms with Gasteiger partial charge in [0.2, 0.25) is 0 Å². The van der Waals surface area contributed by atoms with Crippen molar-refractivity contribution < 1.29 is 5.11 Å². The molecule has 2 nitrogen and oxygen atoms in total. The molecule has 0 saturated carbocycles. The third-order valence-electron chi connectivity index (χ3n) is 2.34. The summed E-state index contributed by atoms with van der Waals surface area (Å²) in [7, 11) is 0. The van der Waals surface area contributed by atoms with Gasteiger partial charge in [-0.15, -0.1) is 0 Å². The second-order valence-corrected chi connectivity index (χ2v) is 3.78. The Morgan fingerprint density at radius 1 is 1.55 bits per heavy atom. The molecule has 0 aliphatic carbocycles. The predicted octanol–water partition coefficient (Wildman–Crippen LogP) is 1.29. The molecular weight excluding hydrogens is 138 g/mol. The van der Waals surface area contributed by atoms with E-state index < -0.39 is 0 Å². The molecule has 0 unspecified atom stereocenters. The molecule has 3 atom stereocenters. The first-order valence-corrected chi connectivity index (χ1v) is 4.62. The molecule has 0 aromatic rings. The number of hydrogen-bond donors (Lipinski definition) is 2. The van der Waals surface area contributed by atoms with E-state index in [1.807, 2.05) is 6.92 Å². The summed E-state index contributed by atoms with van der Waals surface area (Å²) < 4.78 is 0. The smallest absolute Gasteiger partial charge is 0.0526 e. The van der Waals surface area contributed by atoms with Gasteiger partial charge in [-0.25, -0.2) is 0 Å². The number of piperidine rings is 1. The maximum atomic E-state index is 9.15. The van der Waals surface area contributed by atoms with Gasteiger partial charge in [0, 0.05) is 12.1 Å². The lowest BCUT2D eigenvalue weighted by Gasteiger charge is -2.29. The van der Waals surface area contributed by atoms with Crippen LogP contribution < -0.4 is 5.32 Å². The van der Waals surface area contributed by atoms with Crippen LogP contribution in [0.5, 0.6) is 0 Å². The first kappa shape index (κ1) is 9.01. The second kappa shape index (κ2) is 4.07. The minimum absolute atomic E-state index is 0.155. The lowest BCUT2D eigenvalue weighted by atomic mass is 9.96. The van der Waals surface area contributed by atoms with Gasteiger partial charge in [-0.05, 0) is 33.1 Å². The van der Waals surface area contributed by atoms with Gasteiger partial charge in [-0.3, -0.25) is 0 Å². The summed E-state index contributed by atoms with van der Waals surface area (Å²) in [5.41, 5.74) is 0. The Morgan fingerprint density at radius 2 is 2.27 bits per heavy atom. The van der Waals surface area contributed by atoms with Crippen LogP contribution in [-0.4, -0.2) is 23.3 Å². The Hall–Kier alpha value is -0.0800. The summed E-state index contributed by atoms with van der Waals surface area (Å²) in [4.78, 5) is 0. The molecule has 0 radical (unpaired) electrons. The van der Waals surface area contributed by atoms with E-state index in [-0.39, 0.29) is 6.10 Å². The minimum atomic E-state index is -0.155. The molecule has 0 spiro atoms. The summed E-state index contributed by atoms with van der Waals surface area (Å²) >= 11 is 0. The largest absolute Gasteiger partial charge is 0.393 e. The Labute approximate surface area is 69.0 Å². The first-order valence-electron chi connectivity index (χ1n) is 4.62. The number of nitrogens with one attached hydrogen (secondary N) is 1. The highest BCUT2D eigenvalue weighted by atomic mass is 16.3. The van der Waals surface area contributed by atoms with Crippen molar-refractivity contribution in [3.8, 4) is 0 Å². The van der Waals surface area contributed by atoms with Crippen molar-refractivity contribution in [1.82, 2.24) is 5.32 Å². The highest BCUT2D eigenvalue weighted by molar-refractivity contribution is 4.78. The highest BCUT2D eigenvalue weighted by Gasteiger charge is 2.18. The van der Waals surface area contributed by atoms with Crippen LogP contribution in [0.4, 0.5) is 0 Å². The number of rotatable bonds is 2. The van der Waals surface area contributed by atoms with E-state index in [9.17, 15) is 0 Å². The standard InChI is InChI=1S/C9H19NO/c1-7-4-3-5-9(10-7)6-8(2)11/h7-11H,3-6H2,1-2H3/t7-,8+,9+/m0/s1. The average molecular weight is 157 g/mol. The third-order valence-corrected chi connectivity index (χ3v) is 2.34. The Balaban J connectivity index is 2.23. The molecule has 1 saturated heterocycles. The lowest BCUT2D eigenvalue weighted by molar-refractivity contribution is 0.154. The van der Waals surface area contributed by atoms with Crippen LogP contribution in [0.25, 0.3) is 0 Å². The molecule has 11 heavy (non-hydrogen) atoms. The number of hydrogen-bond acceptors (Lipinski definition) is 2. The van der Waals surface area contributed by atoms with Crippen LogP contribution in [0, 0.1) is 0 Å². The number of aliphatic hydroxyl groups is 1. The zero-order valence-electron chi connectivity index (χ0n) is 7.51. The van der Waals surface area contributed by atoms with Gasteiger partial charge in [0.25, 0.3) is 0 Å². The minimum Gasteiger partial charge on any atom is -0.393 e. The molecule has 66 valence electrons. The molecule has 0 aromatic heterocycles. The fourth-order valence-corrected chi connectivity index (χ4v) is 1.84. The first-order chi connectivity index (χ1) is 5.18. The normalized spacial score (nSPS) is 35.2. The molecule has 1 heterocycles. The summed E-state index contributed by atoms with van der Waals surface area (Å²) in [5, 5.41) is 12.6. The van der Waals surface area contributed by atoms with Gasteiger partial charge in [-0.2, -0.15) is 0 Å². The van der Waals surface area contributed by atoms with Crippen LogP contribution in [0.15, 0.2) is 0 Å². The maximum Gasteiger partial charge on any atom is 0.0526 e. The molecule has 0 bridgehead atoms. The van der Waals surface area contributed by atoms with Gasteiger partial charge in [0.15, 0.2) is 0 Å². The highest BCUT2D eigenvalue weighted by Crippen LogP contribution is 2.15. The molecule has 1 aliphatic heterocycles. The fourth-order valence-electron chi connectivity index (χ4n) is 1.84. The van der Waals surface area contributed by atoms with Crippen molar-refractivity contribution in [2.45, 2.75) is 57.7 Å². The second-order valence-electron chi connectivity index (χ2n) is 3.78. The Bertz CT molecular complexity index is 112. The molecule has 1 aliphatic rings. The van der Waals surface area contributed by atoms with E-state index in [0.717, 1.165) is 6.42 Å². The molecule has 0 amide bonds. The van der Waals surface area contributed by atoms with Gasteiger partial charge in [0.05, 0.1) is 6.10 Å². The molecule has 2 heteroatoms. The van der Waals surface area contributed by atoms with Crippen LogP contribution >= 0.6 is 0 Å². The zero-order valence-corrected chi connectivity index (χ0v) is 7.51. The van der Waals surface area contributed by atoms with Crippen LogP contribution in [0.1, 0.15) is 39.5 Å². The SMILES string of the molecule is C[C@@H](O)C[C@H]1CCC[C@H](C)N1. The monoisotopic (exact) mass is 157 g/mol. The Morgan fingerprint density at radius 3 is 2.82 bits per heavy atom. The van der Waals surface area contributed by atoms with Crippen LogP contribution in [-0.2, 0) is 0 Å². The van der Waals surface area contributed by atoms with Crippen molar-refractivity contribution in [2.75, 3.05) is 0 Å². The van der Waals surface area contributed by atoms with Gasteiger partial charge in [-0.1, -0.05) is 6.42 Å². The van der Waals surface area contributed by atoms with E-state index in [2.05, 4.69) is 12.2 Å². The van der Waals surface area contributed by atoms with E-state index in [0.29, 0.717) is 12.1 Å². The van der Waals surface area contributed by atoms with Crippen molar-refractivity contribution in [1.29, 1.82) is 0 Å². The molecule has 0 aromatic carbocycles. The Kier molecular flexibility index (Phi) is 3.34. The molecule has 1 fully saturated rings. The maximum absolute atomic E-state index is 9.15. The van der Waals surface area contributed by atoms with Crippen molar-refractivity contribution >= 4 is 0 Å². The third kappa shape index (κ3) is 3.21. The zero-order chi connectivity index (χ0) is 8.27. The fraction of sp³-hybridized carbons (Fsp3) is 1.00. The van der Waals surface area contributed by atoms with Crippen LogP contribution in [0.2, 0.25) is 0 Å². The topological polar surface area (TPSA) is 32.3 Å². The quantitative estimate of drug-likeness (QED) is 0.633. The molecule has 2 N–H and O–H groups in total. The van der Waals surface area contributed by atoms with Crippen LogP contribution in [0.3, 0.4) is 0 Å². The predicted molar refractivity (Wildman–Crippen MR) is 46.5 cm³/mol. The summed E-state index contributed by atoms with van der Waals surface area (Å²) in [6, 6.07) is 1.20. The van der Waals surface area contributed by atoms with Gasteiger partial charge in [0.1, 0.15) is 0 Å². The average Bonchev–Trinajstić information content (AvgIpc) is 1.85. The van der Waals surface area contributed by atoms with E-state index in [1.165, 1.54) is 19.3 Å². The summed E-state index contributed by atoms with van der Waals surface area (Å²) in [5.74, 6) is 0. The van der Waals surface area contributed by atoms with E-state index in [4.69, 9.17) is 5.11 Å². The molecular formula is C9H19NO. The molecule has 1 rings (SSSR count). The lowest BCUT2D eigenvalue weighted by Crippen LogP contribution is -2.41.